The van der Waals surface area contributed by atoms with E-state index in [9.17, 15) is 5.11 Å². The van der Waals surface area contributed by atoms with Crippen molar-refractivity contribution in [1.29, 1.82) is 0 Å². The first-order valence-electron chi connectivity index (χ1n) is 6.23. The molecule has 98 valence electrons. The van der Waals surface area contributed by atoms with Crippen molar-refractivity contribution in [2.24, 2.45) is 16.5 Å². The number of aliphatic imine (C=N–C) groups is 1. The minimum Gasteiger partial charge on any atom is -0.389 e. The van der Waals surface area contributed by atoms with Gasteiger partial charge in [0.2, 0.25) is 0 Å². The van der Waals surface area contributed by atoms with Gasteiger partial charge in [-0.25, -0.2) is 0 Å². The van der Waals surface area contributed by atoms with Crippen molar-refractivity contribution in [3.63, 3.8) is 0 Å². The Labute approximate surface area is 107 Å². The maximum Gasteiger partial charge on any atom is 0.185 e. The van der Waals surface area contributed by atoms with Crippen LogP contribution in [-0.4, -0.2) is 36.8 Å². The van der Waals surface area contributed by atoms with Gasteiger partial charge in [-0.3, -0.25) is 4.99 Å². The average Bonchev–Trinajstić information content (AvgIpc) is 2.37. The number of β-amino-alcohol motifs (C(OH)–C–C–N with tert-alkyl or cyclic N) is 1. The summed E-state index contributed by atoms with van der Waals surface area (Å²) in [5, 5.41) is 9.92. The topological polar surface area (TPSA) is 87.9 Å². The van der Waals surface area contributed by atoms with Crippen LogP contribution in [0.25, 0.3) is 0 Å². The molecule has 1 atom stereocenters. The van der Waals surface area contributed by atoms with Crippen molar-refractivity contribution < 1.29 is 5.11 Å². The molecule has 5 nitrogen and oxygen atoms in total. The molecule has 5 heteroatoms. The normalized spacial score (nSPS) is 15.9. The zero-order chi connectivity index (χ0) is 13.0. The summed E-state index contributed by atoms with van der Waals surface area (Å²) in [6.07, 6.45) is 1.68. The number of rotatable bonds is 4. The van der Waals surface area contributed by atoms with Crippen LogP contribution in [0.4, 0.5) is 5.69 Å². The lowest BCUT2D eigenvalue weighted by atomic mass is 10.0. The fourth-order valence-electron chi connectivity index (χ4n) is 2.32. The Bertz CT molecular complexity index is 429. The molecule has 0 aromatic heterocycles. The van der Waals surface area contributed by atoms with Gasteiger partial charge in [-0.1, -0.05) is 18.2 Å². The van der Waals surface area contributed by atoms with Crippen LogP contribution in [0.1, 0.15) is 12.0 Å². The van der Waals surface area contributed by atoms with E-state index in [4.69, 9.17) is 11.5 Å². The average molecular weight is 248 g/mol. The molecule has 1 aromatic rings. The highest BCUT2D eigenvalue weighted by Crippen LogP contribution is 2.26. The quantitative estimate of drug-likeness (QED) is 0.520. The second-order valence-electron chi connectivity index (χ2n) is 4.60. The maximum atomic E-state index is 9.92. The van der Waals surface area contributed by atoms with Gasteiger partial charge in [0.25, 0.3) is 0 Å². The van der Waals surface area contributed by atoms with Gasteiger partial charge in [-0.2, -0.15) is 0 Å². The minimum absolute atomic E-state index is 0.0214. The highest BCUT2D eigenvalue weighted by molar-refractivity contribution is 5.75. The van der Waals surface area contributed by atoms with Gasteiger partial charge in [0.15, 0.2) is 5.96 Å². The third kappa shape index (κ3) is 3.13. The number of fused-ring (bicyclic) bond motifs is 1. The Morgan fingerprint density at radius 2 is 2.17 bits per heavy atom. The van der Waals surface area contributed by atoms with Gasteiger partial charge >= 0.3 is 0 Å². The maximum absolute atomic E-state index is 9.92. The second-order valence-corrected chi connectivity index (χ2v) is 4.60. The highest BCUT2D eigenvalue weighted by atomic mass is 16.3. The van der Waals surface area contributed by atoms with E-state index in [0.717, 1.165) is 19.4 Å². The number of benzene rings is 1. The van der Waals surface area contributed by atoms with Crippen LogP contribution < -0.4 is 16.4 Å². The Hall–Kier alpha value is -1.75. The number of aliphatic hydroxyl groups excluding tert-OH is 1. The molecule has 0 amide bonds. The lowest BCUT2D eigenvalue weighted by molar-refractivity contribution is 0.188. The number of aryl methyl sites for hydroxylation is 1. The molecule has 0 radical (unpaired) electrons. The number of guanidine groups is 1. The number of nitrogens with two attached hydrogens (primary N) is 2. The van der Waals surface area contributed by atoms with Crippen molar-refractivity contribution in [2.75, 3.05) is 24.5 Å². The molecule has 0 bridgehead atoms. The van der Waals surface area contributed by atoms with Crippen molar-refractivity contribution in [3.8, 4) is 0 Å². The number of anilines is 1. The van der Waals surface area contributed by atoms with Crippen LogP contribution >= 0.6 is 0 Å². The molecule has 0 saturated carbocycles. The first-order valence-corrected chi connectivity index (χ1v) is 6.23. The number of nitrogens with zero attached hydrogens (tertiary/aromatic N) is 2. The van der Waals surface area contributed by atoms with E-state index in [1.165, 1.54) is 11.3 Å². The van der Waals surface area contributed by atoms with E-state index >= 15 is 0 Å². The Balaban J connectivity index is 2.00. The molecule has 2 rings (SSSR count). The summed E-state index contributed by atoms with van der Waals surface area (Å²) >= 11 is 0. The predicted octanol–water partition coefficient (Wildman–Crippen LogP) is 0.0735. The standard InChI is InChI=1S/C13H20N4O/c14-13(15)16-8-11(18)9-17-7-3-5-10-4-1-2-6-12(10)17/h1-2,4,6,11,18H,3,5,7-9H2,(H4,14,15,16)/t11-/m0/s1. The molecule has 5 N–H and O–H groups in total. The van der Waals surface area contributed by atoms with Crippen LogP contribution in [0.15, 0.2) is 29.3 Å². The molecule has 0 spiro atoms. The molecule has 18 heavy (non-hydrogen) atoms. The van der Waals surface area contributed by atoms with E-state index in [1.807, 2.05) is 6.07 Å². The molecule has 1 aromatic carbocycles. The Kier molecular flexibility index (Phi) is 4.04. The fraction of sp³-hybridized carbons (Fsp3) is 0.462. The van der Waals surface area contributed by atoms with Crippen molar-refractivity contribution in [1.82, 2.24) is 0 Å². The molecule has 0 saturated heterocycles. The summed E-state index contributed by atoms with van der Waals surface area (Å²) in [6, 6.07) is 8.32. The molecule has 0 fully saturated rings. The molecule has 1 aliphatic heterocycles. The van der Waals surface area contributed by atoms with Crippen LogP contribution in [0, 0.1) is 0 Å². The summed E-state index contributed by atoms with van der Waals surface area (Å²) in [5.41, 5.74) is 13.1. The Morgan fingerprint density at radius 3 is 2.94 bits per heavy atom. The van der Waals surface area contributed by atoms with Crippen molar-refractivity contribution >= 4 is 11.6 Å². The Morgan fingerprint density at radius 1 is 1.39 bits per heavy atom. The van der Waals surface area contributed by atoms with Gasteiger partial charge in [0.05, 0.1) is 12.6 Å². The van der Waals surface area contributed by atoms with E-state index in [2.05, 4.69) is 28.1 Å². The molecule has 0 unspecified atom stereocenters. The number of hydrogen-bond acceptors (Lipinski definition) is 3. The molecular formula is C13H20N4O. The van der Waals surface area contributed by atoms with Crippen molar-refractivity contribution in [3.05, 3.63) is 29.8 Å². The largest absolute Gasteiger partial charge is 0.389 e. The van der Waals surface area contributed by atoms with Gasteiger partial charge < -0.3 is 21.5 Å². The molecular weight excluding hydrogens is 228 g/mol. The smallest absolute Gasteiger partial charge is 0.185 e. The second kappa shape index (κ2) is 5.73. The number of para-hydroxylation sites is 1. The van der Waals surface area contributed by atoms with Crippen LogP contribution in [0.3, 0.4) is 0 Å². The number of hydrogen-bond donors (Lipinski definition) is 3. The van der Waals surface area contributed by atoms with E-state index < -0.39 is 6.10 Å². The SMILES string of the molecule is NC(N)=NC[C@H](O)CN1CCCc2ccccc21. The van der Waals surface area contributed by atoms with Gasteiger partial charge in [-0.15, -0.1) is 0 Å². The summed E-state index contributed by atoms with van der Waals surface area (Å²) in [6.45, 7) is 1.78. The lowest BCUT2D eigenvalue weighted by Gasteiger charge is -2.32. The zero-order valence-electron chi connectivity index (χ0n) is 10.4. The van der Waals surface area contributed by atoms with E-state index in [1.54, 1.807) is 0 Å². The number of aliphatic hydroxyl groups is 1. The van der Waals surface area contributed by atoms with Crippen LogP contribution in [0.2, 0.25) is 0 Å². The summed E-state index contributed by atoms with van der Waals surface area (Å²) < 4.78 is 0. The fourth-order valence-corrected chi connectivity index (χ4v) is 2.32. The van der Waals surface area contributed by atoms with E-state index in [0.29, 0.717) is 6.54 Å². The van der Waals surface area contributed by atoms with Crippen LogP contribution in [-0.2, 0) is 6.42 Å². The molecule has 0 aliphatic carbocycles. The first kappa shape index (κ1) is 12.7. The summed E-state index contributed by atoms with van der Waals surface area (Å²) in [4.78, 5) is 6.04. The third-order valence-electron chi connectivity index (χ3n) is 3.12. The van der Waals surface area contributed by atoms with E-state index in [-0.39, 0.29) is 12.5 Å². The highest BCUT2D eigenvalue weighted by Gasteiger charge is 2.18. The third-order valence-corrected chi connectivity index (χ3v) is 3.12. The summed E-state index contributed by atoms with van der Waals surface area (Å²) in [5.74, 6) is 0.0214. The summed E-state index contributed by atoms with van der Waals surface area (Å²) in [7, 11) is 0. The van der Waals surface area contributed by atoms with Gasteiger partial charge in [0, 0.05) is 18.8 Å². The lowest BCUT2D eigenvalue weighted by Crippen LogP contribution is -2.38. The van der Waals surface area contributed by atoms with Gasteiger partial charge in [0.1, 0.15) is 0 Å². The first-order chi connectivity index (χ1) is 8.66. The molecule has 1 aliphatic rings. The van der Waals surface area contributed by atoms with Gasteiger partial charge in [-0.05, 0) is 24.5 Å². The van der Waals surface area contributed by atoms with Crippen LogP contribution in [0.5, 0.6) is 0 Å². The monoisotopic (exact) mass is 248 g/mol. The van der Waals surface area contributed by atoms with Crippen molar-refractivity contribution in [2.45, 2.75) is 18.9 Å². The predicted molar refractivity (Wildman–Crippen MR) is 73.7 cm³/mol. The minimum atomic E-state index is -0.543. The zero-order valence-corrected chi connectivity index (χ0v) is 10.4. The molecule has 1 heterocycles.